The molecule has 21 heavy (non-hydrogen) atoms. The molecule has 0 aliphatic carbocycles. The van der Waals surface area contributed by atoms with Gasteiger partial charge in [0.25, 0.3) is 0 Å². The average molecular weight is 308 g/mol. The Balaban J connectivity index is 2.06. The van der Waals surface area contributed by atoms with Crippen LogP contribution in [0.3, 0.4) is 0 Å². The van der Waals surface area contributed by atoms with Gasteiger partial charge >= 0.3 is 5.97 Å². The Kier molecular flexibility index (Phi) is 5.68. The molecule has 0 fully saturated rings. The van der Waals surface area contributed by atoms with Crippen LogP contribution >= 0.6 is 11.6 Å². The summed E-state index contributed by atoms with van der Waals surface area (Å²) >= 11 is 6.00. The van der Waals surface area contributed by atoms with Gasteiger partial charge in [-0.3, -0.25) is 0 Å². The number of carbonyl (C=O) groups excluding carboxylic acids is 1. The first-order chi connectivity index (χ1) is 10.2. The number of aromatic nitrogens is 1. The maximum Gasteiger partial charge on any atom is 0.340 e. The van der Waals surface area contributed by atoms with Crippen molar-refractivity contribution in [3.05, 3.63) is 35.0 Å². The standard InChI is InChI=1S/C17H22ClNO2/c1-3-5-12(6-4-2)11-21-17(20)15-10-19-16-8-7-13(18)9-14(15)16/h7-10,12,19H,3-6,11H2,1-2H3. The number of aromatic amines is 1. The van der Waals surface area contributed by atoms with E-state index in [2.05, 4.69) is 18.8 Å². The van der Waals surface area contributed by atoms with E-state index in [1.807, 2.05) is 6.07 Å². The molecule has 0 aliphatic heterocycles. The van der Waals surface area contributed by atoms with Crippen LogP contribution in [0.5, 0.6) is 0 Å². The molecule has 1 aromatic carbocycles. The van der Waals surface area contributed by atoms with Crippen LogP contribution in [-0.2, 0) is 4.74 Å². The Morgan fingerprint density at radius 2 is 2.00 bits per heavy atom. The lowest BCUT2D eigenvalue weighted by Gasteiger charge is -2.15. The van der Waals surface area contributed by atoms with Crippen LogP contribution in [0.4, 0.5) is 0 Å². The second-order valence-electron chi connectivity index (χ2n) is 5.43. The third-order valence-corrected chi connectivity index (χ3v) is 3.94. The van der Waals surface area contributed by atoms with Gasteiger partial charge in [-0.25, -0.2) is 4.79 Å². The number of rotatable bonds is 7. The number of nitrogens with one attached hydrogen (secondary N) is 1. The molecular formula is C17H22ClNO2. The lowest BCUT2D eigenvalue weighted by atomic mass is 9.99. The van der Waals surface area contributed by atoms with E-state index < -0.39 is 0 Å². The fraction of sp³-hybridized carbons (Fsp3) is 0.471. The number of benzene rings is 1. The molecule has 0 saturated carbocycles. The van der Waals surface area contributed by atoms with Crippen LogP contribution in [0.1, 0.15) is 49.9 Å². The van der Waals surface area contributed by atoms with Crippen molar-refractivity contribution in [3.63, 3.8) is 0 Å². The summed E-state index contributed by atoms with van der Waals surface area (Å²) < 4.78 is 5.50. The van der Waals surface area contributed by atoms with Crippen LogP contribution in [0, 0.1) is 5.92 Å². The van der Waals surface area contributed by atoms with Crippen LogP contribution in [0.2, 0.25) is 5.02 Å². The average Bonchev–Trinajstić information content (AvgIpc) is 2.88. The lowest BCUT2D eigenvalue weighted by molar-refractivity contribution is 0.0427. The van der Waals surface area contributed by atoms with E-state index in [0.717, 1.165) is 36.6 Å². The van der Waals surface area contributed by atoms with Gasteiger partial charge in [0.15, 0.2) is 0 Å². The minimum absolute atomic E-state index is 0.277. The van der Waals surface area contributed by atoms with Crippen LogP contribution in [0.15, 0.2) is 24.4 Å². The first-order valence-corrected chi connectivity index (χ1v) is 7.97. The Hall–Kier alpha value is -1.48. The van der Waals surface area contributed by atoms with Crippen LogP contribution in [0.25, 0.3) is 10.9 Å². The third-order valence-electron chi connectivity index (χ3n) is 3.71. The monoisotopic (exact) mass is 307 g/mol. The predicted octanol–water partition coefficient (Wildman–Crippen LogP) is 5.19. The summed E-state index contributed by atoms with van der Waals surface area (Å²) in [5.41, 5.74) is 1.45. The lowest BCUT2D eigenvalue weighted by Crippen LogP contribution is -2.14. The van der Waals surface area contributed by atoms with Gasteiger partial charge in [-0.15, -0.1) is 0 Å². The van der Waals surface area contributed by atoms with Gasteiger partial charge in [0.1, 0.15) is 0 Å². The number of hydrogen-bond acceptors (Lipinski definition) is 2. The molecular weight excluding hydrogens is 286 g/mol. The van der Waals surface area contributed by atoms with Gasteiger partial charge < -0.3 is 9.72 Å². The molecule has 0 saturated heterocycles. The molecule has 2 rings (SSSR count). The highest BCUT2D eigenvalue weighted by Gasteiger charge is 2.16. The first kappa shape index (κ1) is 15.9. The van der Waals surface area contributed by atoms with Gasteiger partial charge in [0.2, 0.25) is 0 Å². The second kappa shape index (κ2) is 7.51. The molecule has 0 radical (unpaired) electrons. The fourth-order valence-corrected chi connectivity index (χ4v) is 2.83. The van der Waals surface area contributed by atoms with Crippen LogP contribution < -0.4 is 0 Å². The predicted molar refractivity (Wildman–Crippen MR) is 86.9 cm³/mol. The third kappa shape index (κ3) is 4.01. The quantitative estimate of drug-likeness (QED) is 0.715. The molecule has 3 nitrogen and oxygen atoms in total. The van der Waals surface area contributed by atoms with Crippen molar-refractivity contribution in [2.75, 3.05) is 6.61 Å². The van der Waals surface area contributed by atoms with E-state index in [-0.39, 0.29) is 5.97 Å². The molecule has 114 valence electrons. The number of H-pyrrole nitrogens is 1. The highest BCUT2D eigenvalue weighted by Crippen LogP contribution is 2.23. The number of fused-ring (bicyclic) bond motifs is 1. The largest absolute Gasteiger partial charge is 0.462 e. The fourth-order valence-electron chi connectivity index (χ4n) is 2.66. The van der Waals surface area contributed by atoms with Gasteiger partial charge in [0, 0.05) is 22.1 Å². The minimum Gasteiger partial charge on any atom is -0.462 e. The minimum atomic E-state index is -0.277. The summed E-state index contributed by atoms with van der Waals surface area (Å²) in [4.78, 5) is 15.3. The molecule has 0 amide bonds. The van der Waals surface area contributed by atoms with Crippen molar-refractivity contribution >= 4 is 28.5 Å². The Labute approximate surface area is 130 Å². The molecule has 0 atom stereocenters. The van der Waals surface area contributed by atoms with E-state index in [0.29, 0.717) is 23.1 Å². The summed E-state index contributed by atoms with van der Waals surface area (Å²) in [6.07, 6.45) is 6.12. The maximum absolute atomic E-state index is 12.3. The topological polar surface area (TPSA) is 42.1 Å². The van der Waals surface area contributed by atoms with Gasteiger partial charge in [-0.1, -0.05) is 38.3 Å². The number of halogens is 1. The summed E-state index contributed by atoms with van der Waals surface area (Å²) in [7, 11) is 0. The van der Waals surface area contributed by atoms with E-state index >= 15 is 0 Å². The molecule has 1 aromatic heterocycles. The summed E-state index contributed by atoms with van der Waals surface area (Å²) in [5, 5.41) is 1.43. The SMILES string of the molecule is CCCC(CCC)COC(=O)c1c[nH]c2ccc(Cl)cc12. The molecule has 0 aliphatic rings. The van der Waals surface area contributed by atoms with Crippen molar-refractivity contribution < 1.29 is 9.53 Å². The molecule has 0 spiro atoms. The zero-order chi connectivity index (χ0) is 15.2. The highest BCUT2D eigenvalue weighted by molar-refractivity contribution is 6.31. The molecule has 0 bridgehead atoms. The van der Waals surface area contributed by atoms with Crippen molar-refractivity contribution in [1.29, 1.82) is 0 Å². The van der Waals surface area contributed by atoms with Gasteiger partial charge in [-0.05, 0) is 37.0 Å². The normalized spacial score (nSPS) is 11.2. The summed E-state index contributed by atoms with van der Waals surface area (Å²) in [6.45, 7) is 4.81. The van der Waals surface area contributed by atoms with Crippen molar-refractivity contribution in [2.45, 2.75) is 39.5 Å². The Morgan fingerprint density at radius 3 is 2.67 bits per heavy atom. The van der Waals surface area contributed by atoms with E-state index in [9.17, 15) is 4.79 Å². The van der Waals surface area contributed by atoms with E-state index in [4.69, 9.17) is 16.3 Å². The first-order valence-electron chi connectivity index (χ1n) is 7.59. The second-order valence-corrected chi connectivity index (χ2v) is 5.87. The molecule has 1 N–H and O–H groups in total. The zero-order valence-corrected chi connectivity index (χ0v) is 13.4. The summed E-state index contributed by atoms with van der Waals surface area (Å²) in [6, 6.07) is 5.46. The van der Waals surface area contributed by atoms with Crippen molar-refractivity contribution in [3.8, 4) is 0 Å². The zero-order valence-electron chi connectivity index (χ0n) is 12.6. The number of carbonyl (C=O) groups is 1. The van der Waals surface area contributed by atoms with Crippen molar-refractivity contribution in [2.24, 2.45) is 5.92 Å². The molecule has 4 heteroatoms. The molecule has 1 heterocycles. The number of esters is 1. The molecule has 0 unspecified atom stereocenters. The Bertz CT molecular complexity index is 600. The molecule has 2 aromatic rings. The van der Waals surface area contributed by atoms with Crippen molar-refractivity contribution in [1.82, 2.24) is 4.98 Å². The van der Waals surface area contributed by atoms with Gasteiger partial charge in [0.05, 0.1) is 12.2 Å². The summed E-state index contributed by atoms with van der Waals surface area (Å²) in [5.74, 6) is 0.179. The van der Waals surface area contributed by atoms with E-state index in [1.165, 1.54) is 0 Å². The van der Waals surface area contributed by atoms with Gasteiger partial charge in [-0.2, -0.15) is 0 Å². The van der Waals surface area contributed by atoms with E-state index in [1.54, 1.807) is 18.3 Å². The Morgan fingerprint density at radius 1 is 1.29 bits per heavy atom. The number of ether oxygens (including phenoxy) is 1. The maximum atomic E-state index is 12.3. The smallest absolute Gasteiger partial charge is 0.340 e. The van der Waals surface area contributed by atoms with Crippen LogP contribution in [-0.4, -0.2) is 17.6 Å². The number of hydrogen-bond donors (Lipinski definition) is 1. The highest BCUT2D eigenvalue weighted by atomic mass is 35.5.